The number of imidazole rings is 1. The summed E-state index contributed by atoms with van der Waals surface area (Å²) < 4.78 is 13.0. The van der Waals surface area contributed by atoms with Crippen LogP contribution in [0.1, 0.15) is 25.2 Å². The molecule has 0 saturated heterocycles. The molecular formula is C19H24N6O2. The van der Waals surface area contributed by atoms with E-state index in [1.54, 1.807) is 0 Å². The number of aromatic nitrogens is 4. The highest BCUT2D eigenvalue weighted by Gasteiger charge is 2.17. The van der Waals surface area contributed by atoms with E-state index >= 15 is 0 Å². The summed E-state index contributed by atoms with van der Waals surface area (Å²) >= 11 is 0. The van der Waals surface area contributed by atoms with Gasteiger partial charge in [-0.25, -0.2) is 15.0 Å². The van der Waals surface area contributed by atoms with E-state index in [1.807, 2.05) is 18.2 Å². The molecule has 0 radical (unpaired) electrons. The second-order valence-electron chi connectivity index (χ2n) is 7.07. The van der Waals surface area contributed by atoms with Gasteiger partial charge in [-0.15, -0.1) is 0 Å². The van der Waals surface area contributed by atoms with Gasteiger partial charge in [0.05, 0.1) is 0 Å². The van der Waals surface area contributed by atoms with Crippen LogP contribution in [-0.2, 0) is 13.0 Å². The molecule has 1 aliphatic heterocycles. The monoisotopic (exact) mass is 368 g/mol. The lowest BCUT2D eigenvalue weighted by Gasteiger charge is -2.11. The second kappa shape index (κ2) is 7.40. The first-order valence-electron chi connectivity index (χ1n) is 9.16. The van der Waals surface area contributed by atoms with Crippen molar-refractivity contribution in [3.8, 4) is 11.5 Å². The number of nitrogens with one attached hydrogen (secondary N) is 1. The molecule has 2 aromatic heterocycles. The largest absolute Gasteiger partial charge is 0.454 e. The predicted molar refractivity (Wildman–Crippen MR) is 103 cm³/mol. The van der Waals surface area contributed by atoms with E-state index in [9.17, 15) is 0 Å². The normalized spacial score (nSPS) is 13.0. The number of ether oxygens (including phenoxy) is 2. The van der Waals surface area contributed by atoms with E-state index in [0.717, 1.165) is 48.2 Å². The molecule has 0 saturated carbocycles. The van der Waals surface area contributed by atoms with Crippen molar-refractivity contribution in [1.29, 1.82) is 0 Å². The lowest BCUT2D eigenvalue weighted by Crippen LogP contribution is -2.24. The number of nitrogens with two attached hydrogens (primary N) is 1. The minimum atomic E-state index is 0.269. The molecule has 3 heterocycles. The molecule has 0 spiro atoms. The molecule has 0 fully saturated rings. The molecule has 1 aliphatic rings. The van der Waals surface area contributed by atoms with Crippen LogP contribution in [-0.4, -0.2) is 39.4 Å². The zero-order valence-electron chi connectivity index (χ0n) is 15.6. The highest BCUT2D eigenvalue weighted by atomic mass is 16.7. The lowest BCUT2D eigenvalue weighted by atomic mass is 10.1. The first-order chi connectivity index (χ1) is 13.1. The van der Waals surface area contributed by atoms with Gasteiger partial charge in [-0.2, -0.15) is 0 Å². The molecule has 27 heavy (non-hydrogen) atoms. The van der Waals surface area contributed by atoms with Crippen molar-refractivity contribution in [3.05, 3.63) is 35.9 Å². The van der Waals surface area contributed by atoms with Crippen LogP contribution in [0, 0.1) is 5.92 Å². The number of hydrogen-bond acceptors (Lipinski definition) is 7. The van der Waals surface area contributed by atoms with Gasteiger partial charge in [0.15, 0.2) is 28.5 Å². The second-order valence-corrected chi connectivity index (χ2v) is 7.07. The third kappa shape index (κ3) is 3.66. The molecule has 0 bridgehead atoms. The van der Waals surface area contributed by atoms with Gasteiger partial charge < -0.3 is 25.1 Å². The lowest BCUT2D eigenvalue weighted by molar-refractivity contribution is 0.174. The molecule has 0 unspecified atom stereocenters. The van der Waals surface area contributed by atoms with Gasteiger partial charge in [0, 0.05) is 19.5 Å². The van der Waals surface area contributed by atoms with Crippen LogP contribution >= 0.6 is 0 Å². The first kappa shape index (κ1) is 17.5. The fraction of sp³-hybridized carbons (Fsp3) is 0.421. The Morgan fingerprint density at radius 1 is 1.22 bits per heavy atom. The molecule has 0 atom stereocenters. The highest BCUT2D eigenvalue weighted by Crippen LogP contribution is 2.33. The Labute approximate surface area is 157 Å². The van der Waals surface area contributed by atoms with Crippen molar-refractivity contribution >= 4 is 17.0 Å². The maximum absolute atomic E-state index is 6.02. The summed E-state index contributed by atoms with van der Waals surface area (Å²) in [6.07, 6.45) is 2.14. The summed E-state index contributed by atoms with van der Waals surface area (Å²) in [6.45, 7) is 7.23. The molecule has 142 valence electrons. The number of rotatable bonds is 7. The summed E-state index contributed by atoms with van der Waals surface area (Å²) in [7, 11) is 0. The van der Waals surface area contributed by atoms with Crippen LogP contribution in [0.5, 0.6) is 11.5 Å². The third-order valence-corrected chi connectivity index (χ3v) is 4.50. The number of fused-ring (bicyclic) bond motifs is 2. The summed E-state index contributed by atoms with van der Waals surface area (Å²) in [5.74, 6) is 3.46. The average molecular weight is 368 g/mol. The Balaban J connectivity index is 1.62. The van der Waals surface area contributed by atoms with Gasteiger partial charge in [0.25, 0.3) is 0 Å². The van der Waals surface area contributed by atoms with Crippen molar-refractivity contribution < 1.29 is 9.47 Å². The molecule has 1 aromatic carbocycles. The summed E-state index contributed by atoms with van der Waals surface area (Å²) in [4.78, 5) is 13.2. The van der Waals surface area contributed by atoms with Crippen molar-refractivity contribution in [1.82, 2.24) is 24.8 Å². The predicted octanol–water partition coefficient (Wildman–Crippen LogP) is 1.97. The van der Waals surface area contributed by atoms with E-state index < -0.39 is 0 Å². The van der Waals surface area contributed by atoms with E-state index in [4.69, 9.17) is 20.2 Å². The van der Waals surface area contributed by atoms with Crippen LogP contribution in [0.25, 0.3) is 11.2 Å². The SMILES string of the molecule is CC(C)CNCCn1c(Cc2ccc3c(c2)OCO3)nc2c(N)ncnc21. The van der Waals surface area contributed by atoms with Crippen LogP contribution in [0.2, 0.25) is 0 Å². The van der Waals surface area contributed by atoms with Crippen LogP contribution in [0.15, 0.2) is 24.5 Å². The Bertz CT molecular complexity index is 953. The van der Waals surface area contributed by atoms with E-state index in [2.05, 4.69) is 33.7 Å². The van der Waals surface area contributed by atoms with Crippen molar-refractivity contribution in [2.75, 3.05) is 25.6 Å². The first-order valence-corrected chi connectivity index (χ1v) is 9.16. The Kier molecular flexibility index (Phi) is 4.81. The molecular weight excluding hydrogens is 344 g/mol. The highest BCUT2D eigenvalue weighted by molar-refractivity contribution is 5.81. The number of anilines is 1. The van der Waals surface area contributed by atoms with E-state index in [0.29, 0.717) is 23.7 Å². The smallest absolute Gasteiger partial charge is 0.231 e. The summed E-state index contributed by atoms with van der Waals surface area (Å²) in [5.41, 5.74) is 8.53. The standard InChI is InChI=1S/C19H24N6O2/c1-12(2)9-21-5-6-25-16(24-17-18(20)22-10-23-19(17)25)8-13-3-4-14-15(7-13)27-11-26-14/h3-4,7,10,12,21H,5-6,8-9,11H2,1-2H3,(H2,20,22,23). The topological polar surface area (TPSA) is 100 Å². The number of nitrogens with zero attached hydrogens (tertiary/aromatic N) is 4. The molecule has 0 aliphatic carbocycles. The van der Waals surface area contributed by atoms with Crippen LogP contribution in [0.4, 0.5) is 5.82 Å². The maximum Gasteiger partial charge on any atom is 0.231 e. The van der Waals surface area contributed by atoms with Gasteiger partial charge in [0.1, 0.15) is 12.2 Å². The maximum atomic E-state index is 6.02. The van der Waals surface area contributed by atoms with Gasteiger partial charge in [-0.3, -0.25) is 0 Å². The number of nitrogen functional groups attached to an aromatic ring is 1. The molecule has 0 amide bonds. The Morgan fingerprint density at radius 2 is 2.07 bits per heavy atom. The quantitative estimate of drug-likeness (QED) is 0.615. The van der Waals surface area contributed by atoms with E-state index in [1.165, 1.54) is 6.33 Å². The van der Waals surface area contributed by atoms with Crippen LogP contribution < -0.4 is 20.5 Å². The number of hydrogen-bond donors (Lipinski definition) is 2. The fourth-order valence-corrected chi connectivity index (χ4v) is 3.18. The van der Waals surface area contributed by atoms with Crippen LogP contribution in [0.3, 0.4) is 0 Å². The zero-order valence-corrected chi connectivity index (χ0v) is 15.6. The molecule has 8 nitrogen and oxygen atoms in total. The van der Waals surface area contributed by atoms with Crippen molar-refractivity contribution in [2.45, 2.75) is 26.8 Å². The Morgan fingerprint density at radius 3 is 2.93 bits per heavy atom. The summed E-state index contributed by atoms with van der Waals surface area (Å²) in [6, 6.07) is 5.96. The Hall–Kier alpha value is -2.87. The van der Waals surface area contributed by atoms with Gasteiger partial charge in [-0.1, -0.05) is 19.9 Å². The molecule has 3 N–H and O–H groups in total. The van der Waals surface area contributed by atoms with Crippen molar-refractivity contribution in [2.24, 2.45) is 5.92 Å². The van der Waals surface area contributed by atoms with Gasteiger partial charge in [0.2, 0.25) is 6.79 Å². The number of benzene rings is 1. The van der Waals surface area contributed by atoms with Gasteiger partial charge >= 0.3 is 0 Å². The van der Waals surface area contributed by atoms with E-state index in [-0.39, 0.29) is 6.79 Å². The van der Waals surface area contributed by atoms with Crippen molar-refractivity contribution in [3.63, 3.8) is 0 Å². The molecule has 4 rings (SSSR count). The minimum absolute atomic E-state index is 0.269. The molecule has 3 aromatic rings. The van der Waals surface area contributed by atoms with Gasteiger partial charge in [-0.05, 0) is 30.2 Å². The minimum Gasteiger partial charge on any atom is -0.454 e. The molecule has 8 heteroatoms. The zero-order chi connectivity index (χ0) is 18.8. The average Bonchev–Trinajstić information content (AvgIpc) is 3.24. The summed E-state index contributed by atoms with van der Waals surface area (Å²) in [5, 5.41) is 3.47. The fourth-order valence-electron chi connectivity index (χ4n) is 3.18. The third-order valence-electron chi connectivity index (χ3n) is 4.50.